The van der Waals surface area contributed by atoms with Crippen LogP contribution in [0.5, 0.6) is 11.5 Å². The van der Waals surface area contributed by atoms with Crippen molar-refractivity contribution in [1.82, 2.24) is 19.7 Å². The molecule has 0 bridgehead atoms. The standard InChI is InChI=1S/C21H20ClN5O5S/c1-30-16-4-3-5-17(31-2)18(16)27-19(20-23-11-12-32-20)24-25-21(27)26-33(28,29)13-10-14-6-8-15(22)9-7-14/h3-9,11-12H,10,13H2,1-2H3,(H,25,26). The molecule has 0 unspecified atom stereocenters. The number of aryl methyl sites for hydroxylation is 1. The molecule has 0 fully saturated rings. The number of ether oxygens (including phenoxy) is 2. The predicted molar refractivity (Wildman–Crippen MR) is 123 cm³/mol. The first-order valence-corrected chi connectivity index (χ1v) is 11.8. The Hall–Kier alpha value is -3.57. The number of oxazole rings is 1. The molecule has 0 radical (unpaired) electrons. The van der Waals surface area contributed by atoms with Crippen LogP contribution in [0.4, 0.5) is 5.95 Å². The Morgan fingerprint density at radius 3 is 2.36 bits per heavy atom. The fourth-order valence-electron chi connectivity index (χ4n) is 3.18. The van der Waals surface area contributed by atoms with Gasteiger partial charge in [0.2, 0.25) is 21.8 Å². The first-order valence-electron chi connectivity index (χ1n) is 9.73. The van der Waals surface area contributed by atoms with Crippen molar-refractivity contribution in [3.63, 3.8) is 0 Å². The van der Waals surface area contributed by atoms with E-state index in [0.717, 1.165) is 5.56 Å². The highest BCUT2D eigenvalue weighted by Crippen LogP contribution is 2.37. The molecule has 4 aromatic rings. The summed E-state index contributed by atoms with van der Waals surface area (Å²) in [4.78, 5) is 4.12. The number of rotatable bonds is 9. The highest BCUT2D eigenvalue weighted by atomic mass is 35.5. The van der Waals surface area contributed by atoms with Gasteiger partial charge in [0, 0.05) is 5.02 Å². The maximum absolute atomic E-state index is 12.9. The summed E-state index contributed by atoms with van der Waals surface area (Å²) < 4.78 is 46.1. The van der Waals surface area contributed by atoms with Crippen molar-refractivity contribution in [2.45, 2.75) is 6.42 Å². The van der Waals surface area contributed by atoms with E-state index in [9.17, 15) is 8.42 Å². The molecule has 0 aliphatic carbocycles. The number of para-hydroxylation sites is 1. The van der Waals surface area contributed by atoms with Crippen LogP contribution in [0, 0.1) is 0 Å². The summed E-state index contributed by atoms with van der Waals surface area (Å²) in [5.41, 5.74) is 1.22. The Bertz CT molecular complexity index is 1320. The molecule has 172 valence electrons. The van der Waals surface area contributed by atoms with Gasteiger partial charge in [-0.3, -0.25) is 4.72 Å². The summed E-state index contributed by atoms with van der Waals surface area (Å²) in [5.74, 6) is 0.869. The molecule has 2 heterocycles. The lowest BCUT2D eigenvalue weighted by Gasteiger charge is -2.17. The molecule has 0 aliphatic rings. The number of hydrogen-bond donors (Lipinski definition) is 1. The predicted octanol–water partition coefficient (Wildman–Crippen LogP) is 3.58. The van der Waals surface area contributed by atoms with Crippen LogP contribution in [0.25, 0.3) is 17.4 Å². The van der Waals surface area contributed by atoms with Crippen LogP contribution < -0.4 is 14.2 Å². The second-order valence-corrected chi connectivity index (χ2v) is 9.11. The van der Waals surface area contributed by atoms with Crippen LogP contribution in [0.1, 0.15) is 5.56 Å². The van der Waals surface area contributed by atoms with Gasteiger partial charge in [-0.2, -0.15) is 0 Å². The van der Waals surface area contributed by atoms with Crippen LogP contribution in [-0.2, 0) is 16.4 Å². The number of methoxy groups -OCH3 is 2. The minimum absolute atomic E-state index is 0.0675. The quantitative estimate of drug-likeness (QED) is 0.378. The van der Waals surface area contributed by atoms with Crippen LogP contribution >= 0.6 is 11.6 Å². The third kappa shape index (κ3) is 4.94. The fourth-order valence-corrected chi connectivity index (χ4v) is 4.32. The number of benzene rings is 2. The number of sulfonamides is 1. The van der Waals surface area contributed by atoms with Crippen LogP contribution in [0.15, 0.2) is 59.3 Å². The Balaban J connectivity index is 1.73. The van der Waals surface area contributed by atoms with Crippen LogP contribution in [0.2, 0.25) is 5.02 Å². The average Bonchev–Trinajstić information content (AvgIpc) is 3.48. The lowest BCUT2D eigenvalue weighted by atomic mass is 10.2. The smallest absolute Gasteiger partial charge is 0.265 e. The minimum atomic E-state index is -3.81. The molecule has 4 rings (SSSR count). The van der Waals surface area contributed by atoms with Gasteiger partial charge in [-0.1, -0.05) is 29.8 Å². The fraction of sp³-hybridized carbons (Fsp3) is 0.190. The van der Waals surface area contributed by atoms with Crippen LogP contribution in [0.3, 0.4) is 0 Å². The Morgan fingerprint density at radius 1 is 1.06 bits per heavy atom. The number of anilines is 1. The number of halogens is 1. The van der Waals surface area contributed by atoms with E-state index in [2.05, 4.69) is 19.9 Å². The van der Waals surface area contributed by atoms with Gasteiger partial charge in [-0.05, 0) is 36.2 Å². The topological polar surface area (TPSA) is 121 Å². The van der Waals surface area contributed by atoms with E-state index in [1.807, 2.05) is 0 Å². The maximum Gasteiger partial charge on any atom is 0.265 e. The van der Waals surface area contributed by atoms with E-state index < -0.39 is 10.0 Å². The molecule has 0 spiro atoms. The molecule has 12 heteroatoms. The molecule has 2 aromatic carbocycles. The zero-order valence-corrected chi connectivity index (χ0v) is 19.3. The summed E-state index contributed by atoms with van der Waals surface area (Å²) in [7, 11) is -0.828. The van der Waals surface area contributed by atoms with Crippen LogP contribution in [-0.4, -0.2) is 48.1 Å². The van der Waals surface area contributed by atoms with Gasteiger partial charge in [-0.25, -0.2) is 18.0 Å². The largest absolute Gasteiger partial charge is 0.494 e. The van der Waals surface area contributed by atoms with E-state index in [-0.39, 0.29) is 29.8 Å². The molecule has 0 atom stereocenters. The molecule has 0 saturated carbocycles. The van der Waals surface area contributed by atoms with Crippen molar-refractivity contribution in [2.75, 3.05) is 24.7 Å². The first kappa shape index (κ1) is 22.6. The summed E-state index contributed by atoms with van der Waals surface area (Å²) in [6, 6.07) is 12.1. The van der Waals surface area contributed by atoms with E-state index in [1.54, 1.807) is 42.5 Å². The normalized spacial score (nSPS) is 11.4. The third-order valence-corrected chi connectivity index (χ3v) is 6.22. The molecule has 0 amide bonds. The highest BCUT2D eigenvalue weighted by Gasteiger charge is 2.26. The molecule has 33 heavy (non-hydrogen) atoms. The van der Waals surface area contributed by atoms with E-state index in [4.69, 9.17) is 25.5 Å². The van der Waals surface area contributed by atoms with E-state index in [1.165, 1.54) is 31.2 Å². The Labute approximate surface area is 195 Å². The average molecular weight is 490 g/mol. The molecule has 10 nitrogen and oxygen atoms in total. The number of hydrogen-bond acceptors (Lipinski definition) is 8. The van der Waals surface area contributed by atoms with Gasteiger partial charge in [0.15, 0.2) is 0 Å². The molecule has 2 aromatic heterocycles. The summed E-state index contributed by atoms with van der Waals surface area (Å²) in [6.07, 6.45) is 3.11. The summed E-state index contributed by atoms with van der Waals surface area (Å²) in [6.45, 7) is 0. The van der Waals surface area contributed by atoms with E-state index >= 15 is 0 Å². The van der Waals surface area contributed by atoms with E-state index in [0.29, 0.717) is 22.2 Å². The van der Waals surface area contributed by atoms with Gasteiger partial charge in [-0.15, -0.1) is 10.2 Å². The van der Waals surface area contributed by atoms with Crippen molar-refractivity contribution in [2.24, 2.45) is 0 Å². The monoisotopic (exact) mass is 489 g/mol. The highest BCUT2D eigenvalue weighted by molar-refractivity contribution is 7.92. The number of nitrogens with one attached hydrogen (secondary N) is 1. The number of nitrogens with zero attached hydrogens (tertiary/aromatic N) is 4. The van der Waals surface area contributed by atoms with Gasteiger partial charge < -0.3 is 13.9 Å². The van der Waals surface area contributed by atoms with Gasteiger partial charge in [0.05, 0.1) is 26.2 Å². The summed E-state index contributed by atoms with van der Waals surface area (Å²) >= 11 is 5.90. The Kier molecular flexibility index (Phi) is 6.52. The number of aromatic nitrogens is 4. The molecule has 1 N–H and O–H groups in total. The molecule has 0 saturated heterocycles. The second kappa shape index (κ2) is 9.51. The minimum Gasteiger partial charge on any atom is -0.494 e. The van der Waals surface area contributed by atoms with Crippen molar-refractivity contribution in [1.29, 1.82) is 0 Å². The third-order valence-electron chi connectivity index (χ3n) is 4.73. The first-order chi connectivity index (χ1) is 15.9. The molecular formula is C21H20ClN5O5S. The van der Waals surface area contributed by atoms with Gasteiger partial charge in [0.1, 0.15) is 23.4 Å². The van der Waals surface area contributed by atoms with Crippen molar-refractivity contribution < 1.29 is 22.3 Å². The molecule has 0 aliphatic heterocycles. The van der Waals surface area contributed by atoms with Gasteiger partial charge in [0.25, 0.3) is 5.89 Å². The maximum atomic E-state index is 12.9. The lowest BCUT2D eigenvalue weighted by Crippen LogP contribution is -2.21. The lowest BCUT2D eigenvalue weighted by molar-refractivity contribution is 0.391. The zero-order chi connectivity index (χ0) is 23.4. The van der Waals surface area contributed by atoms with Gasteiger partial charge >= 0.3 is 0 Å². The second-order valence-electron chi connectivity index (χ2n) is 6.83. The Morgan fingerprint density at radius 2 is 1.76 bits per heavy atom. The molecular weight excluding hydrogens is 470 g/mol. The van der Waals surface area contributed by atoms with Crippen molar-refractivity contribution >= 4 is 27.6 Å². The SMILES string of the molecule is COc1cccc(OC)c1-n1c(NS(=O)(=O)CCc2ccc(Cl)cc2)nnc1-c1ncco1. The van der Waals surface area contributed by atoms with Crippen molar-refractivity contribution in [3.8, 4) is 28.9 Å². The summed E-state index contributed by atoms with van der Waals surface area (Å²) in [5, 5.41) is 8.73. The van der Waals surface area contributed by atoms with Crippen molar-refractivity contribution in [3.05, 3.63) is 65.5 Å². The zero-order valence-electron chi connectivity index (χ0n) is 17.7.